The summed E-state index contributed by atoms with van der Waals surface area (Å²) in [5.41, 5.74) is 0.374. The molecular weight excluding hydrogens is 192 g/mol. The van der Waals surface area contributed by atoms with E-state index in [1.54, 1.807) is 0 Å². The third kappa shape index (κ3) is 2.65. The predicted octanol–water partition coefficient (Wildman–Crippen LogP) is 2.17. The molecule has 0 unspecified atom stereocenters. The van der Waals surface area contributed by atoms with E-state index in [1.807, 2.05) is 0 Å². The predicted molar refractivity (Wildman–Crippen MR) is 60.2 cm³/mol. The minimum atomic E-state index is 0.374. The average Bonchev–Trinajstić information content (AvgIpc) is 2.98. The number of nitriles is 1. The molecule has 1 aliphatic carbocycles. The second kappa shape index (κ2) is 4.55. The molecule has 2 fully saturated rings. The van der Waals surface area contributed by atoms with Crippen LogP contribution in [0.4, 0.5) is 0 Å². The molecule has 2 nitrogen and oxygen atoms in total. The lowest BCUT2D eigenvalue weighted by molar-refractivity contribution is 0.400. The molecule has 2 rings (SSSR count). The molecule has 0 aromatic carbocycles. The van der Waals surface area contributed by atoms with Gasteiger partial charge in [0, 0.05) is 19.0 Å². The second-order valence-electron chi connectivity index (χ2n) is 4.60. The summed E-state index contributed by atoms with van der Waals surface area (Å²) in [6.45, 7) is 1.08. The van der Waals surface area contributed by atoms with Crippen molar-refractivity contribution in [1.82, 2.24) is 5.32 Å². The van der Waals surface area contributed by atoms with Gasteiger partial charge in [-0.25, -0.2) is 0 Å². The first-order chi connectivity index (χ1) is 6.85. The minimum absolute atomic E-state index is 0.374. The molecule has 1 saturated heterocycles. The van der Waals surface area contributed by atoms with Crippen molar-refractivity contribution >= 4 is 11.8 Å². The van der Waals surface area contributed by atoms with Crippen molar-refractivity contribution in [2.24, 2.45) is 5.41 Å². The summed E-state index contributed by atoms with van der Waals surface area (Å²) in [6.07, 6.45) is 5.89. The van der Waals surface area contributed by atoms with Gasteiger partial charge in [0.25, 0.3) is 0 Å². The van der Waals surface area contributed by atoms with Gasteiger partial charge in [-0.3, -0.25) is 0 Å². The normalized spacial score (nSPS) is 25.6. The fourth-order valence-electron chi connectivity index (χ4n) is 2.02. The Balaban J connectivity index is 1.69. The molecule has 14 heavy (non-hydrogen) atoms. The van der Waals surface area contributed by atoms with Crippen LogP contribution in [0, 0.1) is 16.7 Å². The van der Waals surface area contributed by atoms with Crippen LogP contribution in [0.2, 0.25) is 0 Å². The van der Waals surface area contributed by atoms with E-state index < -0.39 is 0 Å². The molecular formula is C11H18N2S. The maximum Gasteiger partial charge on any atom is 0.0628 e. The Morgan fingerprint density at radius 3 is 2.64 bits per heavy atom. The smallest absolute Gasteiger partial charge is 0.0628 e. The summed E-state index contributed by atoms with van der Waals surface area (Å²) in [4.78, 5) is 0. The molecule has 1 aliphatic heterocycles. The molecule has 0 radical (unpaired) electrons. The molecule has 0 aromatic rings. The number of rotatable bonds is 4. The maximum absolute atomic E-state index is 8.70. The molecule has 0 bridgehead atoms. The van der Waals surface area contributed by atoms with Crippen LogP contribution >= 0.6 is 11.8 Å². The van der Waals surface area contributed by atoms with Crippen LogP contribution in [0.25, 0.3) is 0 Å². The molecule has 1 heterocycles. The Kier molecular flexibility index (Phi) is 3.35. The first-order valence-electron chi connectivity index (χ1n) is 5.53. The molecule has 0 amide bonds. The SMILES string of the molecule is N#CCC1(CNC2CCSCC2)CC1. The first-order valence-corrected chi connectivity index (χ1v) is 6.68. The van der Waals surface area contributed by atoms with Gasteiger partial charge in [-0.05, 0) is 42.6 Å². The van der Waals surface area contributed by atoms with Gasteiger partial charge in [0.1, 0.15) is 0 Å². The monoisotopic (exact) mass is 210 g/mol. The second-order valence-corrected chi connectivity index (χ2v) is 5.83. The van der Waals surface area contributed by atoms with Gasteiger partial charge in [0.15, 0.2) is 0 Å². The van der Waals surface area contributed by atoms with Gasteiger partial charge >= 0.3 is 0 Å². The molecule has 0 spiro atoms. The van der Waals surface area contributed by atoms with E-state index in [2.05, 4.69) is 23.1 Å². The van der Waals surface area contributed by atoms with Crippen LogP contribution in [0.15, 0.2) is 0 Å². The van der Waals surface area contributed by atoms with Crippen LogP contribution in [0.1, 0.15) is 32.1 Å². The fourth-order valence-corrected chi connectivity index (χ4v) is 3.13. The Morgan fingerprint density at radius 1 is 1.36 bits per heavy atom. The van der Waals surface area contributed by atoms with E-state index in [1.165, 1.54) is 37.2 Å². The number of thioether (sulfide) groups is 1. The Bertz CT molecular complexity index is 224. The van der Waals surface area contributed by atoms with Crippen LogP contribution in [0.5, 0.6) is 0 Å². The highest BCUT2D eigenvalue weighted by Crippen LogP contribution is 2.48. The zero-order chi connectivity index (χ0) is 9.86. The summed E-state index contributed by atoms with van der Waals surface area (Å²) in [7, 11) is 0. The van der Waals surface area contributed by atoms with Gasteiger partial charge in [-0.1, -0.05) is 0 Å². The molecule has 2 aliphatic rings. The molecule has 1 N–H and O–H groups in total. The lowest BCUT2D eigenvalue weighted by Crippen LogP contribution is -2.36. The van der Waals surface area contributed by atoms with E-state index in [0.717, 1.165) is 19.0 Å². The maximum atomic E-state index is 8.70. The minimum Gasteiger partial charge on any atom is -0.313 e. The highest BCUT2D eigenvalue weighted by atomic mass is 32.2. The third-order valence-electron chi connectivity index (χ3n) is 3.40. The molecule has 1 saturated carbocycles. The highest BCUT2D eigenvalue weighted by Gasteiger charge is 2.42. The van der Waals surface area contributed by atoms with E-state index in [0.29, 0.717) is 5.41 Å². The van der Waals surface area contributed by atoms with E-state index in [4.69, 9.17) is 5.26 Å². The zero-order valence-electron chi connectivity index (χ0n) is 8.59. The Hall–Kier alpha value is -0.200. The van der Waals surface area contributed by atoms with Crippen LogP contribution in [0.3, 0.4) is 0 Å². The van der Waals surface area contributed by atoms with Crippen molar-refractivity contribution in [3.8, 4) is 6.07 Å². The van der Waals surface area contributed by atoms with Crippen LogP contribution in [-0.2, 0) is 0 Å². The van der Waals surface area contributed by atoms with Crippen LogP contribution < -0.4 is 5.32 Å². The average molecular weight is 210 g/mol. The van der Waals surface area contributed by atoms with E-state index in [9.17, 15) is 0 Å². The lowest BCUT2D eigenvalue weighted by atomic mass is 10.0. The van der Waals surface area contributed by atoms with Crippen molar-refractivity contribution in [2.45, 2.75) is 38.1 Å². The molecule has 3 heteroatoms. The van der Waals surface area contributed by atoms with Crippen LogP contribution in [-0.4, -0.2) is 24.1 Å². The molecule has 0 atom stereocenters. The Labute approximate surface area is 90.4 Å². The highest BCUT2D eigenvalue weighted by molar-refractivity contribution is 7.99. The molecule has 0 aromatic heterocycles. The zero-order valence-corrected chi connectivity index (χ0v) is 9.41. The number of nitrogens with zero attached hydrogens (tertiary/aromatic N) is 1. The van der Waals surface area contributed by atoms with Gasteiger partial charge < -0.3 is 5.32 Å². The van der Waals surface area contributed by atoms with E-state index in [-0.39, 0.29) is 0 Å². The van der Waals surface area contributed by atoms with Gasteiger partial charge in [-0.15, -0.1) is 0 Å². The number of hydrogen-bond acceptors (Lipinski definition) is 3. The Morgan fingerprint density at radius 2 is 2.07 bits per heavy atom. The van der Waals surface area contributed by atoms with Gasteiger partial charge in [-0.2, -0.15) is 17.0 Å². The summed E-state index contributed by atoms with van der Waals surface area (Å²) in [6, 6.07) is 3.04. The first kappa shape index (κ1) is 10.3. The molecule has 78 valence electrons. The van der Waals surface area contributed by atoms with Crippen molar-refractivity contribution in [3.63, 3.8) is 0 Å². The quantitative estimate of drug-likeness (QED) is 0.772. The summed E-state index contributed by atoms with van der Waals surface area (Å²) in [5.74, 6) is 2.62. The van der Waals surface area contributed by atoms with Crippen molar-refractivity contribution in [2.75, 3.05) is 18.1 Å². The lowest BCUT2D eigenvalue weighted by Gasteiger charge is -2.24. The van der Waals surface area contributed by atoms with Gasteiger partial charge in [0.2, 0.25) is 0 Å². The van der Waals surface area contributed by atoms with Crippen molar-refractivity contribution in [3.05, 3.63) is 0 Å². The summed E-state index contributed by atoms with van der Waals surface area (Å²) < 4.78 is 0. The summed E-state index contributed by atoms with van der Waals surface area (Å²) >= 11 is 2.07. The largest absolute Gasteiger partial charge is 0.313 e. The fraction of sp³-hybridized carbons (Fsp3) is 0.909. The summed E-state index contributed by atoms with van der Waals surface area (Å²) in [5, 5.41) is 12.3. The van der Waals surface area contributed by atoms with E-state index >= 15 is 0 Å². The topological polar surface area (TPSA) is 35.8 Å². The number of nitrogens with one attached hydrogen (secondary N) is 1. The van der Waals surface area contributed by atoms with Gasteiger partial charge in [0.05, 0.1) is 6.07 Å². The van der Waals surface area contributed by atoms with Crippen molar-refractivity contribution in [1.29, 1.82) is 5.26 Å². The standard InChI is InChI=1S/C11H18N2S/c12-6-5-11(3-4-11)9-13-10-1-7-14-8-2-10/h10,13H,1-5,7-9H2. The number of hydrogen-bond donors (Lipinski definition) is 1. The van der Waals surface area contributed by atoms with Crippen molar-refractivity contribution < 1.29 is 0 Å². The third-order valence-corrected chi connectivity index (χ3v) is 4.45.